The minimum Gasteiger partial charge on any atom is -0.490 e. The lowest BCUT2D eigenvalue weighted by atomic mass is 10.1. The fourth-order valence-electron chi connectivity index (χ4n) is 3.20. The van der Waals surface area contributed by atoms with E-state index in [1.54, 1.807) is 0 Å². The van der Waals surface area contributed by atoms with Gasteiger partial charge >= 0.3 is 0 Å². The zero-order valence-corrected chi connectivity index (χ0v) is 10.9. The highest BCUT2D eigenvalue weighted by Gasteiger charge is 2.21. The molecule has 18 heavy (non-hydrogen) atoms. The van der Waals surface area contributed by atoms with Gasteiger partial charge in [0, 0.05) is 0 Å². The number of fused-ring (bicyclic) bond motifs is 1. The van der Waals surface area contributed by atoms with Crippen molar-refractivity contribution in [2.45, 2.75) is 63.6 Å². The van der Waals surface area contributed by atoms with E-state index in [9.17, 15) is 5.11 Å². The van der Waals surface area contributed by atoms with Gasteiger partial charge in [-0.3, -0.25) is 0 Å². The average Bonchev–Trinajstić information content (AvgIpc) is 2.60. The molecule has 2 aliphatic rings. The van der Waals surface area contributed by atoms with Crippen LogP contribution in [0.4, 0.5) is 0 Å². The van der Waals surface area contributed by atoms with Crippen molar-refractivity contribution in [3.8, 4) is 5.75 Å². The number of rotatable bonds is 2. The molecule has 0 bridgehead atoms. The molecule has 2 nitrogen and oxygen atoms in total. The van der Waals surface area contributed by atoms with Gasteiger partial charge in [0.1, 0.15) is 5.75 Å². The standard InChI is InChI=1S/C16H22O2/c17-16-10-7-12-11-14(8-9-15(12)16)18-13-5-3-1-2-4-6-13/h8-9,11,13,16-17H,1-7,10H2. The molecule has 2 aliphatic carbocycles. The van der Waals surface area contributed by atoms with Crippen LogP contribution in [0.2, 0.25) is 0 Å². The van der Waals surface area contributed by atoms with E-state index in [4.69, 9.17) is 4.74 Å². The van der Waals surface area contributed by atoms with E-state index in [2.05, 4.69) is 6.07 Å². The molecule has 98 valence electrons. The van der Waals surface area contributed by atoms with Gasteiger partial charge in [-0.1, -0.05) is 18.9 Å². The maximum Gasteiger partial charge on any atom is 0.120 e. The van der Waals surface area contributed by atoms with Gasteiger partial charge in [-0.05, 0) is 61.8 Å². The largest absolute Gasteiger partial charge is 0.490 e. The van der Waals surface area contributed by atoms with Gasteiger partial charge < -0.3 is 9.84 Å². The molecule has 1 N–H and O–H groups in total. The molecule has 1 atom stereocenters. The van der Waals surface area contributed by atoms with Crippen molar-refractivity contribution in [1.82, 2.24) is 0 Å². The summed E-state index contributed by atoms with van der Waals surface area (Å²) in [6.45, 7) is 0. The number of ether oxygens (including phenoxy) is 1. The summed E-state index contributed by atoms with van der Waals surface area (Å²) in [6, 6.07) is 6.20. The highest BCUT2D eigenvalue weighted by atomic mass is 16.5. The summed E-state index contributed by atoms with van der Waals surface area (Å²) in [5.74, 6) is 0.995. The zero-order valence-electron chi connectivity index (χ0n) is 10.9. The van der Waals surface area contributed by atoms with Crippen LogP contribution in [0.1, 0.15) is 62.2 Å². The van der Waals surface area contributed by atoms with Crippen molar-refractivity contribution < 1.29 is 9.84 Å². The first-order valence-electron chi connectivity index (χ1n) is 7.30. The molecule has 1 aromatic rings. The van der Waals surface area contributed by atoms with Crippen molar-refractivity contribution in [2.75, 3.05) is 0 Å². The Bertz CT molecular complexity index is 406. The van der Waals surface area contributed by atoms with E-state index >= 15 is 0 Å². The summed E-state index contributed by atoms with van der Waals surface area (Å²) in [5.41, 5.74) is 2.37. The second kappa shape index (κ2) is 5.31. The molecular weight excluding hydrogens is 224 g/mol. The first-order chi connectivity index (χ1) is 8.83. The molecule has 2 heteroatoms. The molecule has 0 amide bonds. The smallest absolute Gasteiger partial charge is 0.120 e. The Morgan fingerprint density at radius 2 is 1.78 bits per heavy atom. The Labute approximate surface area is 109 Å². The van der Waals surface area contributed by atoms with Crippen molar-refractivity contribution in [3.63, 3.8) is 0 Å². The van der Waals surface area contributed by atoms with E-state index in [0.29, 0.717) is 6.10 Å². The maximum atomic E-state index is 9.79. The third-order valence-corrected chi connectivity index (χ3v) is 4.27. The molecule has 0 aromatic heterocycles. The maximum absolute atomic E-state index is 9.79. The summed E-state index contributed by atoms with van der Waals surface area (Å²) in [4.78, 5) is 0. The molecule has 0 aliphatic heterocycles. The highest BCUT2D eigenvalue weighted by Crippen LogP contribution is 2.34. The second-order valence-corrected chi connectivity index (χ2v) is 5.65. The van der Waals surface area contributed by atoms with E-state index in [-0.39, 0.29) is 6.10 Å². The van der Waals surface area contributed by atoms with E-state index in [0.717, 1.165) is 24.2 Å². The van der Waals surface area contributed by atoms with Gasteiger partial charge in [0.15, 0.2) is 0 Å². The van der Waals surface area contributed by atoms with E-state index in [1.807, 2.05) is 12.1 Å². The van der Waals surface area contributed by atoms with Crippen molar-refractivity contribution in [2.24, 2.45) is 0 Å². The van der Waals surface area contributed by atoms with Crippen LogP contribution in [-0.2, 0) is 6.42 Å². The summed E-state index contributed by atoms with van der Waals surface area (Å²) in [6.07, 6.45) is 9.69. The Balaban J connectivity index is 1.69. The monoisotopic (exact) mass is 246 g/mol. The van der Waals surface area contributed by atoms with Gasteiger partial charge in [0.05, 0.1) is 12.2 Å². The first-order valence-corrected chi connectivity index (χ1v) is 7.30. The van der Waals surface area contributed by atoms with Gasteiger partial charge in [-0.15, -0.1) is 0 Å². The SMILES string of the molecule is OC1CCc2cc(OC3CCCCCC3)ccc21. The molecule has 0 spiro atoms. The quantitative estimate of drug-likeness (QED) is 0.805. The normalized spacial score (nSPS) is 24.6. The third-order valence-electron chi connectivity index (χ3n) is 4.27. The van der Waals surface area contributed by atoms with Gasteiger partial charge in [-0.25, -0.2) is 0 Å². The summed E-state index contributed by atoms with van der Waals surface area (Å²) < 4.78 is 6.11. The summed E-state index contributed by atoms with van der Waals surface area (Å²) in [7, 11) is 0. The fourth-order valence-corrected chi connectivity index (χ4v) is 3.20. The second-order valence-electron chi connectivity index (χ2n) is 5.65. The lowest BCUT2D eigenvalue weighted by Crippen LogP contribution is -2.15. The number of benzene rings is 1. The number of aliphatic hydroxyl groups is 1. The molecule has 0 saturated heterocycles. The Kier molecular flexibility index (Phi) is 3.55. The van der Waals surface area contributed by atoms with Crippen molar-refractivity contribution in [3.05, 3.63) is 29.3 Å². The van der Waals surface area contributed by atoms with Crippen LogP contribution in [0.5, 0.6) is 5.75 Å². The molecular formula is C16H22O2. The van der Waals surface area contributed by atoms with Crippen LogP contribution < -0.4 is 4.74 Å². The molecule has 1 unspecified atom stereocenters. The molecule has 0 radical (unpaired) electrons. The van der Waals surface area contributed by atoms with Crippen molar-refractivity contribution in [1.29, 1.82) is 0 Å². The lowest BCUT2D eigenvalue weighted by molar-refractivity contribution is 0.179. The van der Waals surface area contributed by atoms with Crippen LogP contribution >= 0.6 is 0 Å². The summed E-state index contributed by atoms with van der Waals surface area (Å²) in [5, 5.41) is 9.79. The van der Waals surface area contributed by atoms with Crippen LogP contribution in [-0.4, -0.2) is 11.2 Å². The van der Waals surface area contributed by atoms with E-state index in [1.165, 1.54) is 44.1 Å². The van der Waals surface area contributed by atoms with Gasteiger partial charge in [-0.2, -0.15) is 0 Å². The van der Waals surface area contributed by atoms with E-state index < -0.39 is 0 Å². The Hall–Kier alpha value is -1.02. The Morgan fingerprint density at radius 3 is 2.56 bits per heavy atom. The van der Waals surface area contributed by atoms with Crippen molar-refractivity contribution >= 4 is 0 Å². The third kappa shape index (κ3) is 2.54. The predicted molar refractivity (Wildman–Crippen MR) is 71.8 cm³/mol. The van der Waals surface area contributed by atoms with Crippen LogP contribution in [0, 0.1) is 0 Å². The molecule has 1 fully saturated rings. The average molecular weight is 246 g/mol. The minimum absolute atomic E-state index is 0.257. The van der Waals surface area contributed by atoms with Crippen LogP contribution in [0.25, 0.3) is 0 Å². The van der Waals surface area contributed by atoms with Crippen LogP contribution in [0.3, 0.4) is 0 Å². The molecule has 0 heterocycles. The highest BCUT2D eigenvalue weighted by molar-refractivity contribution is 5.39. The zero-order chi connectivity index (χ0) is 12.4. The van der Waals surface area contributed by atoms with Gasteiger partial charge in [0.2, 0.25) is 0 Å². The van der Waals surface area contributed by atoms with Gasteiger partial charge in [0.25, 0.3) is 0 Å². The summed E-state index contributed by atoms with van der Waals surface area (Å²) >= 11 is 0. The first kappa shape index (κ1) is 12.0. The predicted octanol–water partition coefficient (Wildman–Crippen LogP) is 3.77. The fraction of sp³-hybridized carbons (Fsp3) is 0.625. The number of aliphatic hydroxyl groups excluding tert-OH is 1. The molecule has 3 rings (SSSR count). The Morgan fingerprint density at radius 1 is 1.00 bits per heavy atom. The number of aryl methyl sites for hydroxylation is 1. The van der Waals surface area contributed by atoms with Crippen LogP contribution in [0.15, 0.2) is 18.2 Å². The molecule has 1 saturated carbocycles. The lowest BCUT2D eigenvalue weighted by Gasteiger charge is -2.17. The number of hydrogen-bond donors (Lipinski definition) is 1. The molecule has 1 aromatic carbocycles. The topological polar surface area (TPSA) is 29.5 Å². The number of hydrogen-bond acceptors (Lipinski definition) is 2. The minimum atomic E-state index is -0.257.